The van der Waals surface area contributed by atoms with Crippen molar-refractivity contribution in [3.05, 3.63) is 99.0 Å². The molecule has 36 heavy (non-hydrogen) atoms. The van der Waals surface area contributed by atoms with Gasteiger partial charge in [-0.05, 0) is 53.6 Å². The minimum absolute atomic E-state index is 0.0305. The maximum Gasteiger partial charge on any atom is 0.253 e. The average Bonchev–Trinajstić information content (AvgIpc) is 2.88. The van der Waals surface area contributed by atoms with Crippen LogP contribution in [0.15, 0.2) is 66.7 Å². The maximum atomic E-state index is 12.4. The summed E-state index contributed by atoms with van der Waals surface area (Å²) in [7, 11) is 3.43. The molecule has 3 aromatic rings. The van der Waals surface area contributed by atoms with E-state index in [1.165, 1.54) is 4.90 Å². The van der Waals surface area contributed by atoms with E-state index in [-0.39, 0.29) is 11.9 Å². The number of hydrogen-bond donors (Lipinski definition) is 1. The van der Waals surface area contributed by atoms with E-state index in [0.29, 0.717) is 40.8 Å². The molecule has 1 fully saturated rings. The van der Waals surface area contributed by atoms with Gasteiger partial charge in [0.2, 0.25) is 0 Å². The number of nitrogens with zero attached hydrogens (tertiary/aromatic N) is 4. The van der Waals surface area contributed by atoms with E-state index in [9.17, 15) is 9.90 Å². The molecule has 0 radical (unpaired) electrons. The Balaban J connectivity index is 1.58. The highest BCUT2D eigenvalue weighted by Crippen LogP contribution is 2.36. The van der Waals surface area contributed by atoms with Crippen LogP contribution < -0.4 is 4.90 Å². The number of benzene rings is 3. The topological polar surface area (TPSA) is 70.8 Å². The van der Waals surface area contributed by atoms with E-state index < -0.39 is 6.10 Å². The van der Waals surface area contributed by atoms with Crippen LogP contribution in [0.3, 0.4) is 0 Å². The molecule has 0 spiro atoms. The molecule has 0 aromatic heterocycles. The molecule has 0 saturated carbocycles. The van der Waals surface area contributed by atoms with Crippen molar-refractivity contribution in [2.24, 2.45) is 0 Å². The fourth-order valence-corrected chi connectivity index (χ4v) is 4.94. The van der Waals surface area contributed by atoms with Gasteiger partial charge in [0.25, 0.3) is 5.91 Å². The van der Waals surface area contributed by atoms with Crippen molar-refractivity contribution >= 4 is 34.8 Å². The molecular weight excluding hydrogens is 495 g/mol. The molecule has 8 heteroatoms. The average molecular weight is 523 g/mol. The molecule has 1 saturated heterocycles. The third-order valence-electron chi connectivity index (χ3n) is 6.49. The summed E-state index contributed by atoms with van der Waals surface area (Å²) in [6, 6.07) is 22.3. The number of piperazine rings is 1. The lowest BCUT2D eigenvalue weighted by atomic mass is 10.00. The minimum Gasteiger partial charge on any atom is -0.387 e. The lowest BCUT2D eigenvalue weighted by molar-refractivity contribution is 0.0827. The summed E-state index contributed by atoms with van der Waals surface area (Å²) in [6.45, 7) is 2.55. The molecule has 1 amide bonds. The summed E-state index contributed by atoms with van der Waals surface area (Å²) >= 11 is 12.9. The molecular formula is C28H28Cl2N4O2. The normalized spacial score (nSPS) is 16.9. The van der Waals surface area contributed by atoms with E-state index in [4.69, 9.17) is 28.5 Å². The van der Waals surface area contributed by atoms with Crippen molar-refractivity contribution in [2.45, 2.75) is 12.1 Å². The monoisotopic (exact) mass is 522 g/mol. The SMILES string of the molecule is CN(C)C(=O)c1ccc(N2CCN(CC(O)c3ccc(C#N)cc3)C[C@H]2c2ccc(Cl)cc2)c(Cl)c1. The smallest absolute Gasteiger partial charge is 0.253 e. The van der Waals surface area contributed by atoms with Gasteiger partial charge in [-0.15, -0.1) is 0 Å². The van der Waals surface area contributed by atoms with Gasteiger partial charge in [-0.1, -0.05) is 47.5 Å². The van der Waals surface area contributed by atoms with Gasteiger partial charge in [-0.25, -0.2) is 0 Å². The molecule has 1 N–H and O–H groups in total. The summed E-state index contributed by atoms with van der Waals surface area (Å²) in [6.07, 6.45) is -0.671. The Kier molecular flexibility index (Phi) is 8.17. The predicted molar refractivity (Wildman–Crippen MR) is 144 cm³/mol. The first kappa shape index (κ1) is 26.0. The number of rotatable bonds is 6. The van der Waals surface area contributed by atoms with E-state index in [0.717, 1.165) is 23.4 Å². The van der Waals surface area contributed by atoms with Crippen LogP contribution in [0.1, 0.15) is 39.2 Å². The molecule has 3 aromatic carbocycles. The van der Waals surface area contributed by atoms with E-state index >= 15 is 0 Å². The fraction of sp³-hybridized carbons (Fsp3) is 0.286. The van der Waals surface area contributed by atoms with E-state index in [2.05, 4.69) is 15.9 Å². The zero-order valence-electron chi connectivity index (χ0n) is 20.2. The summed E-state index contributed by atoms with van der Waals surface area (Å²) in [5.74, 6) is -0.0979. The summed E-state index contributed by atoms with van der Waals surface area (Å²) in [5, 5.41) is 21.1. The van der Waals surface area contributed by atoms with Crippen LogP contribution in [0.2, 0.25) is 10.0 Å². The summed E-state index contributed by atoms with van der Waals surface area (Å²) in [4.78, 5) is 18.4. The molecule has 1 aliphatic heterocycles. The number of carbonyl (C=O) groups is 1. The van der Waals surface area contributed by atoms with Crippen molar-refractivity contribution in [1.82, 2.24) is 9.80 Å². The molecule has 0 aliphatic carbocycles. The Bertz CT molecular complexity index is 1260. The Morgan fingerprint density at radius 1 is 1.08 bits per heavy atom. The molecule has 1 unspecified atom stereocenters. The molecule has 0 bridgehead atoms. The Morgan fingerprint density at radius 3 is 2.39 bits per heavy atom. The molecule has 2 atom stereocenters. The minimum atomic E-state index is -0.671. The van der Waals surface area contributed by atoms with Gasteiger partial charge < -0.3 is 14.9 Å². The highest BCUT2D eigenvalue weighted by Gasteiger charge is 2.31. The highest BCUT2D eigenvalue weighted by atomic mass is 35.5. The van der Waals surface area contributed by atoms with Crippen molar-refractivity contribution in [3.63, 3.8) is 0 Å². The van der Waals surface area contributed by atoms with Gasteiger partial charge in [-0.3, -0.25) is 9.69 Å². The molecule has 186 valence electrons. The third kappa shape index (κ3) is 5.83. The van der Waals surface area contributed by atoms with Crippen LogP contribution in [0.25, 0.3) is 0 Å². The highest BCUT2D eigenvalue weighted by molar-refractivity contribution is 6.33. The maximum absolute atomic E-state index is 12.4. The van der Waals surface area contributed by atoms with Crippen LogP contribution in [0.5, 0.6) is 0 Å². The lowest BCUT2D eigenvalue weighted by Gasteiger charge is -2.44. The second-order valence-corrected chi connectivity index (χ2v) is 9.98. The predicted octanol–water partition coefficient (Wildman–Crippen LogP) is 5.16. The van der Waals surface area contributed by atoms with E-state index in [1.54, 1.807) is 44.4 Å². The first-order valence-corrected chi connectivity index (χ1v) is 12.5. The Morgan fingerprint density at radius 2 is 1.78 bits per heavy atom. The Hall–Kier alpha value is -3.08. The Labute approximate surface area is 221 Å². The first-order chi connectivity index (χ1) is 17.3. The largest absolute Gasteiger partial charge is 0.387 e. The number of amides is 1. The summed E-state index contributed by atoms with van der Waals surface area (Å²) in [5.41, 5.74) is 3.84. The lowest BCUT2D eigenvalue weighted by Crippen LogP contribution is -2.49. The molecule has 4 rings (SSSR count). The van der Waals surface area contributed by atoms with Crippen LogP contribution in [-0.4, -0.2) is 61.1 Å². The zero-order valence-corrected chi connectivity index (χ0v) is 21.7. The van der Waals surface area contributed by atoms with Crippen LogP contribution in [-0.2, 0) is 0 Å². The zero-order chi connectivity index (χ0) is 25.8. The van der Waals surface area contributed by atoms with Crippen LogP contribution in [0, 0.1) is 11.3 Å². The second-order valence-electron chi connectivity index (χ2n) is 9.14. The molecule has 1 heterocycles. The van der Waals surface area contributed by atoms with Gasteiger partial charge in [0, 0.05) is 50.9 Å². The number of aliphatic hydroxyl groups excluding tert-OH is 1. The number of carbonyl (C=O) groups excluding carboxylic acids is 1. The number of anilines is 1. The number of nitriles is 1. The number of β-amino-alcohol motifs (C(OH)–C–C–N with tert-alkyl or cyclic N) is 1. The number of halogens is 2. The van der Waals surface area contributed by atoms with Crippen molar-refractivity contribution in [2.75, 3.05) is 45.2 Å². The van der Waals surface area contributed by atoms with E-state index in [1.807, 2.05) is 36.4 Å². The van der Waals surface area contributed by atoms with Crippen molar-refractivity contribution in [1.29, 1.82) is 5.26 Å². The van der Waals surface area contributed by atoms with Gasteiger partial charge >= 0.3 is 0 Å². The quantitative estimate of drug-likeness (QED) is 0.483. The molecule has 1 aliphatic rings. The van der Waals surface area contributed by atoms with Crippen molar-refractivity contribution in [3.8, 4) is 6.07 Å². The molecule has 6 nitrogen and oxygen atoms in total. The van der Waals surface area contributed by atoms with Crippen LogP contribution in [0.4, 0.5) is 5.69 Å². The fourth-order valence-electron chi connectivity index (χ4n) is 4.52. The van der Waals surface area contributed by atoms with Gasteiger partial charge in [0.05, 0.1) is 34.5 Å². The van der Waals surface area contributed by atoms with Gasteiger partial charge in [0.1, 0.15) is 0 Å². The van der Waals surface area contributed by atoms with Gasteiger partial charge in [0.15, 0.2) is 0 Å². The van der Waals surface area contributed by atoms with Gasteiger partial charge in [-0.2, -0.15) is 5.26 Å². The van der Waals surface area contributed by atoms with Crippen LogP contribution >= 0.6 is 23.2 Å². The summed E-state index contributed by atoms with van der Waals surface area (Å²) < 4.78 is 0. The number of hydrogen-bond acceptors (Lipinski definition) is 5. The standard InChI is InChI=1S/C28H28Cl2N4O2/c1-32(2)28(36)22-9-12-25(24(30)15-22)34-14-13-33(17-26(34)20-7-10-23(29)11-8-20)18-27(35)21-5-3-19(16-31)4-6-21/h3-12,15,26-27,35H,13-14,17-18H2,1-2H3/t26-,27?/m0/s1. The first-order valence-electron chi connectivity index (χ1n) is 11.7. The second kappa shape index (κ2) is 11.3. The third-order valence-corrected chi connectivity index (χ3v) is 7.04. The van der Waals surface area contributed by atoms with Crippen molar-refractivity contribution < 1.29 is 9.90 Å². The number of aliphatic hydroxyl groups is 1.